The first-order chi connectivity index (χ1) is 7.68. The molecular formula is C11H13Cl2N3O2. The molecule has 0 bridgehead atoms. The third-order valence-electron chi connectivity index (χ3n) is 2.23. The molecule has 1 N–H and O–H groups in total. The number of halogens is 2. The van der Waals surface area contributed by atoms with E-state index in [-0.39, 0.29) is 42.9 Å². The fourth-order valence-corrected chi connectivity index (χ4v) is 1.42. The summed E-state index contributed by atoms with van der Waals surface area (Å²) < 4.78 is 1.36. The predicted molar refractivity (Wildman–Crippen MR) is 74.3 cm³/mol. The number of nitrogens with zero attached hydrogens (tertiary/aromatic N) is 2. The lowest BCUT2D eigenvalue weighted by Crippen LogP contribution is -2.30. The van der Waals surface area contributed by atoms with Gasteiger partial charge in [0.1, 0.15) is 0 Å². The Balaban J connectivity index is 0.00000144. The third-order valence-corrected chi connectivity index (χ3v) is 2.23. The van der Waals surface area contributed by atoms with Gasteiger partial charge in [0.05, 0.1) is 23.9 Å². The predicted octanol–water partition coefficient (Wildman–Crippen LogP) is 1.33. The lowest BCUT2D eigenvalue weighted by molar-refractivity contribution is -0.119. The summed E-state index contributed by atoms with van der Waals surface area (Å²) >= 11 is 0. The normalized spacial score (nSPS) is 9.17. The summed E-state index contributed by atoms with van der Waals surface area (Å²) in [6.07, 6.45) is 1.43. The topological polar surface area (TPSA) is 64.0 Å². The molecule has 0 aliphatic rings. The first kappa shape index (κ1) is 16.4. The molecule has 1 amide bonds. The molecule has 18 heavy (non-hydrogen) atoms. The number of benzene rings is 1. The highest BCUT2D eigenvalue weighted by Crippen LogP contribution is 2.03. The van der Waals surface area contributed by atoms with Gasteiger partial charge >= 0.3 is 0 Å². The van der Waals surface area contributed by atoms with Crippen LogP contribution in [0, 0.1) is 0 Å². The fourth-order valence-electron chi connectivity index (χ4n) is 1.42. The summed E-state index contributed by atoms with van der Waals surface area (Å²) in [4.78, 5) is 26.8. The van der Waals surface area contributed by atoms with Crippen molar-refractivity contribution in [2.24, 2.45) is 0 Å². The molecule has 0 fully saturated rings. The van der Waals surface area contributed by atoms with E-state index in [9.17, 15) is 9.59 Å². The summed E-state index contributed by atoms with van der Waals surface area (Å²) in [6, 6.07) is 7.11. The third kappa shape index (κ3) is 3.45. The highest BCUT2D eigenvalue weighted by Gasteiger charge is 2.02. The number of nitrogens with one attached hydrogen (secondary N) is 1. The van der Waals surface area contributed by atoms with Crippen LogP contribution in [0.15, 0.2) is 35.4 Å². The maximum absolute atomic E-state index is 11.9. The molecule has 2 rings (SSSR count). The summed E-state index contributed by atoms with van der Waals surface area (Å²) in [7, 11) is 0. The van der Waals surface area contributed by atoms with Crippen LogP contribution < -0.4 is 10.9 Å². The van der Waals surface area contributed by atoms with Gasteiger partial charge < -0.3 is 5.32 Å². The smallest absolute Gasteiger partial charge is 0.262 e. The van der Waals surface area contributed by atoms with Gasteiger partial charge in [-0.25, -0.2) is 4.98 Å². The second-order valence-corrected chi connectivity index (χ2v) is 3.43. The Morgan fingerprint density at radius 1 is 1.33 bits per heavy atom. The Morgan fingerprint density at radius 2 is 2.00 bits per heavy atom. The molecule has 0 aliphatic heterocycles. The molecule has 0 saturated heterocycles. The van der Waals surface area contributed by atoms with E-state index in [0.29, 0.717) is 10.9 Å². The zero-order valence-corrected chi connectivity index (χ0v) is 11.3. The zero-order chi connectivity index (χ0) is 11.5. The van der Waals surface area contributed by atoms with Crippen molar-refractivity contribution in [2.75, 3.05) is 0 Å². The van der Waals surface area contributed by atoms with Crippen molar-refractivity contribution in [3.8, 4) is 0 Å². The minimum absolute atomic E-state index is 0. The van der Waals surface area contributed by atoms with Gasteiger partial charge in [0, 0.05) is 6.92 Å². The number of carbonyl (C=O) groups excluding carboxylic acids is 1. The first-order valence-electron chi connectivity index (χ1n) is 4.87. The molecule has 2 aromatic rings. The van der Waals surface area contributed by atoms with Gasteiger partial charge in [-0.15, -0.1) is 24.8 Å². The van der Waals surface area contributed by atoms with E-state index in [1.807, 2.05) is 6.07 Å². The number of rotatable bonds is 2. The molecule has 5 nitrogen and oxygen atoms in total. The molecule has 1 heterocycles. The minimum Gasteiger partial charge on any atom is -0.338 e. The van der Waals surface area contributed by atoms with Crippen LogP contribution in [0.2, 0.25) is 0 Å². The average molecular weight is 290 g/mol. The van der Waals surface area contributed by atoms with Crippen LogP contribution in [-0.2, 0) is 11.5 Å². The minimum atomic E-state index is -0.181. The molecule has 0 saturated carbocycles. The van der Waals surface area contributed by atoms with E-state index in [2.05, 4.69) is 10.3 Å². The number of fused-ring (bicyclic) bond motifs is 1. The van der Waals surface area contributed by atoms with Crippen LogP contribution in [0.3, 0.4) is 0 Å². The molecule has 7 heteroatoms. The van der Waals surface area contributed by atoms with Gasteiger partial charge in [-0.05, 0) is 12.1 Å². The Bertz CT molecular complexity index is 598. The molecule has 0 aliphatic carbocycles. The Labute approximate surface area is 116 Å². The summed E-state index contributed by atoms with van der Waals surface area (Å²) in [5, 5.41) is 3.10. The van der Waals surface area contributed by atoms with E-state index < -0.39 is 0 Å². The van der Waals surface area contributed by atoms with Crippen LogP contribution in [0.5, 0.6) is 0 Å². The maximum atomic E-state index is 11.9. The SMILES string of the molecule is CC(=O)NCn1cnc2ccccc2c1=O.Cl.Cl. The molecule has 0 atom stereocenters. The second-order valence-electron chi connectivity index (χ2n) is 3.43. The van der Waals surface area contributed by atoms with Gasteiger partial charge in [0.15, 0.2) is 0 Å². The summed E-state index contributed by atoms with van der Waals surface area (Å²) in [5.41, 5.74) is 0.505. The van der Waals surface area contributed by atoms with Gasteiger partial charge in [0.2, 0.25) is 5.91 Å². The van der Waals surface area contributed by atoms with Gasteiger partial charge in [-0.2, -0.15) is 0 Å². The maximum Gasteiger partial charge on any atom is 0.262 e. The van der Waals surface area contributed by atoms with E-state index in [0.717, 1.165) is 0 Å². The van der Waals surface area contributed by atoms with Crippen molar-refractivity contribution in [3.05, 3.63) is 40.9 Å². The van der Waals surface area contributed by atoms with E-state index in [4.69, 9.17) is 0 Å². The van der Waals surface area contributed by atoms with Crippen molar-refractivity contribution in [1.29, 1.82) is 0 Å². The Morgan fingerprint density at radius 3 is 2.67 bits per heavy atom. The molecule has 0 spiro atoms. The Hall–Kier alpha value is -1.59. The zero-order valence-electron chi connectivity index (χ0n) is 9.62. The van der Waals surface area contributed by atoms with Crippen LogP contribution in [-0.4, -0.2) is 15.5 Å². The molecule has 98 valence electrons. The summed E-state index contributed by atoms with van der Waals surface area (Å²) in [6.45, 7) is 1.55. The molecule has 0 unspecified atom stereocenters. The van der Waals surface area contributed by atoms with E-state index in [1.54, 1.807) is 18.2 Å². The van der Waals surface area contributed by atoms with Crippen molar-refractivity contribution in [3.63, 3.8) is 0 Å². The number of amides is 1. The largest absolute Gasteiger partial charge is 0.338 e. The first-order valence-corrected chi connectivity index (χ1v) is 4.87. The summed E-state index contributed by atoms with van der Waals surface area (Å²) in [5.74, 6) is -0.181. The van der Waals surface area contributed by atoms with Crippen LogP contribution in [0.4, 0.5) is 0 Å². The molecule has 1 aromatic carbocycles. The van der Waals surface area contributed by atoms with Crippen molar-refractivity contribution < 1.29 is 4.79 Å². The van der Waals surface area contributed by atoms with Crippen LogP contribution >= 0.6 is 24.8 Å². The van der Waals surface area contributed by atoms with Gasteiger partial charge in [0.25, 0.3) is 5.56 Å². The number of para-hydroxylation sites is 1. The highest BCUT2D eigenvalue weighted by molar-refractivity contribution is 5.85. The lowest BCUT2D eigenvalue weighted by Gasteiger charge is -2.06. The average Bonchev–Trinajstić information content (AvgIpc) is 2.28. The molecule has 0 radical (unpaired) electrons. The van der Waals surface area contributed by atoms with E-state index >= 15 is 0 Å². The number of hydrogen-bond donors (Lipinski definition) is 1. The lowest BCUT2D eigenvalue weighted by atomic mass is 10.2. The van der Waals surface area contributed by atoms with Crippen LogP contribution in [0.25, 0.3) is 10.9 Å². The monoisotopic (exact) mass is 289 g/mol. The van der Waals surface area contributed by atoms with E-state index in [1.165, 1.54) is 17.8 Å². The quantitative estimate of drug-likeness (QED) is 0.907. The van der Waals surface area contributed by atoms with Crippen molar-refractivity contribution >= 4 is 41.6 Å². The number of aromatic nitrogens is 2. The Kier molecular flexibility index (Phi) is 6.36. The van der Waals surface area contributed by atoms with Crippen molar-refractivity contribution in [2.45, 2.75) is 13.6 Å². The molecular weight excluding hydrogens is 277 g/mol. The second kappa shape index (κ2) is 6.98. The fraction of sp³-hybridized carbons (Fsp3) is 0.182. The standard InChI is InChI=1S/C11H11N3O2.2ClH/c1-8(15)12-6-14-7-13-10-5-3-2-4-9(10)11(14)16;;/h2-5,7H,6H2,1H3,(H,12,15);2*1H. The van der Waals surface area contributed by atoms with Gasteiger partial charge in [-0.1, -0.05) is 12.1 Å². The molecule has 1 aromatic heterocycles. The van der Waals surface area contributed by atoms with Gasteiger partial charge in [-0.3, -0.25) is 14.2 Å². The van der Waals surface area contributed by atoms with Crippen molar-refractivity contribution in [1.82, 2.24) is 14.9 Å². The van der Waals surface area contributed by atoms with Crippen LogP contribution in [0.1, 0.15) is 6.92 Å². The highest BCUT2D eigenvalue weighted by atomic mass is 35.5. The number of carbonyl (C=O) groups is 1. The number of hydrogen-bond acceptors (Lipinski definition) is 3.